The van der Waals surface area contributed by atoms with E-state index < -0.39 is 11.8 Å². The Labute approximate surface area is 181 Å². The molecule has 0 atom stereocenters. The molecule has 7 heteroatoms. The first kappa shape index (κ1) is 19.3. The van der Waals surface area contributed by atoms with Crippen LogP contribution in [-0.4, -0.2) is 21.5 Å². The van der Waals surface area contributed by atoms with Gasteiger partial charge in [0.1, 0.15) is 5.57 Å². The molecule has 5 nitrogen and oxygen atoms in total. The highest BCUT2D eigenvalue weighted by molar-refractivity contribution is 9.10. The molecule has 144 valence electrons. The summed E-state index contributed by atoms with van der Waals surface area (Å²) in [5.74, 6) is -0.957. The number of rotatable bonds is 3. The van der Waals surface area contributed by atoms with Crippen molar-refractivity contribution >= 4 is 56.8 Å². The van der Waals surface area contributed by atoms with Crippen molar-refractivity contribution in [3.63, 3.8) is 0 Å². The molecule has 1 aliphatic rings. The van der Waals surface area contributed by atoms with Crippen molar-refractivity contribution in [2.75, 3.05) is 4.90 Å². The maximum Gasteiger partial charge on any atom is 0.270 e. The molecule has 0 spiro atoms. The minimum atomic E-state index is -0.508. The SMILES string of the molecule is Cc1ccccc1N1C(=O)/C(=C/c2cccn2-c2cccc(Br)c2)C(=O)NC1=S. The highest BCUT2D eigenvalue weighted by Crippen LogP contribution is 2.26. The van der Waals surface area contributed by atoms with Gasteiger partial charge in [-0.1, -0.05) is 40.2 Å². The van der Waals surface area contributed by atoms with Crippen molar-refractivity contribution in [1.29, 1.82) is 0 Å². The summed E-state index contributed by atoms with van der Waals surface area (Å²) >= 11 is 8.75. The summed E-state index contributed by atoms with van der Waals surface area (Å²) in [5, 5.41) is 2.71. The van der Waals surface area contributed by atoms with E-state index in [0.29, 0.717) is 11.4 Å². The maximum atomic E-state index is 13.2. The number of aromatic nitrogens is 1. The van der Waals surface area contributed by atoms with Crippen molar-refractivity contribution in [3.05, 3.63) is 88.2 Å². The smallest absolute Gasteiger partial charge is 0.270 e. The van der Waals surface area contributed by atoms with Crippen molar-refractivity contribution in [3.8, 4) is 5.69 Å². The third-order valence-corrected chi connectivity index (χ3v) is 5.39. The van der Waals surface area contributed by atoms with Gasteiger partial charge in [-0.05, 0) is 67.2 Å². The Balaban J connectivity index is 1.77. The summed E-state index contributed by atoms with van der Waals surface area (Å²) in [6.07, 6.45) is 3.47. The van der Waals surface area contributed by atoms with E-state index in [4.69, 9.17) is 12.2 Å². The number of benzene rings is 2. The topological polar surface area (TPSA) is 54.3 Å². The molecular formula is C22H16BrN3O2S. The molecule has 1 fully saturated rings. The number of thiocarbonyl (C=S) groups is 1. The van der Waals surface area contributed by atoms with E-state index >= 15 is 0 Å². The third-order valence-electron chi connectivity index (χ3n) is 4.62. The molecule has 2 amide bonds. The molecule has 29 heavy (non-hydrogen) atoms. The van der Waals surface area contributed by atoms with Crippen LogP contribution in [0.1, 0.15) is 11.3 Å². The Hall–Kier alpha value is -3.03. The van der Waals surface area contributed by atoms with Crippen molar-refractivity contribution in [2.24, 2.45) is 0 Å². The van der Waals surface area contributed by atoms with Gasteiger partial charge in [0.05, 0.1) is 5.69 Å². The summed E-state index contributed by atoms with van der Waals surface area (Å²) in [6.45, 7) is 1.89. The number of carbonyl (C=O) groups is 2. The number of aryl methyl sites for hydroxylation is 1. The molecule has 2 heterocycles. The molecule has 1 aromatic heterocycles. The average Bonchev–Trinajstić information content (AvgIpc) is 3.15. The first-order valence-electron chi connectivity index (χ1n) is 8.86. The van der Waals surface area contributed by atoms with Crippen LogP contribution >= 0.6 is 28.1 Å². The van der Waals surface area contributed by atoms with Gasteiger partial charge in [0.25, 0.3) is 11.8 Å². The molecule has 1 saturated heterocycles. The second kappa shape index (κ2) is 7.77. The van der Waals surface area contributed by atoms with E-state index in [1.165, 1.54) is 4.90 Å². The second-order valence-corrected chi connectivity index (χ2v) is 7.83. The van der Waals surface area contributed by atoms with Gasteiger partial charge in [-0.15, -0.1) is 0 Å². The fourth-order valence-corrected chi connectivity index (χ4v) is 3.87. The zero-order valence-electron chi connectivity index (χ0n) is 15.4. The third kappa shape index (κ3) is 3.66. The molecule has 0 saturated carbocycles. The summed E-state index contributed by atoms with van der Waals surface area (Å²) in [7, 11) is 0. The molecule has 1 aliphatic heterocycles. The molecule has 0 radical (unpaired) electrons. The molecular weight excluding hydrogens is 450 g/mol. The fourth-order valence-electron chi connectivity index (χ4n) is 3.21. The molecule has 0 unspecified atom stereocenters. The first-order valence-corrected chi connectivity index (χ1v) is 10.1. The minimum absolute atomic E-state index is 0.0248. The normalized spacial score (nSPS) is 15.7. The summed E-state index contributed by atoms with van der Waals surface area (Å²) in [5.41, 5.74) is 3.18. The zero-order valence-corrected chi connectivity index (χ0v) is 17.8. The predicted molar refractivity (Wildman–Crippen MR) is 121 cm³/mol. The number of hydrogen-bond acceptors (Lipinski definition) is 3. The second-order valence-electron chi connectivity index (χ2n) is 6.53. The van der Waals surface area contributed by atoms with Gasteiger partial charge >= 0.3 is 0 Å². The largest absolute Gasteiger partial charge is 0.317 e. The Morgan fingerprint density at radius 1 is 1.03 bits per heavy atom. The van der Waals surface area contributed by atoms with E-state index in [0.717, 1.165) is 15.7 Å². The molecule has 0 bridgehead atoms. The number of halogens is 1. The maximum absolute atomic E-state index is 13.2. The number of hydrogen-bond donors (Lipinski definition) is 1. The Morgan fingerprint density at radius 3 is 2.59 bits per heavy atom. The van der Waals surface area contributed by atoms with E-state index in [1.54, 1.807) is 12.1 Å². The van der Waals surface area contributed by atoms with Gasteiger partial charge in [0, 0.05) is 22.1 Å². The number of anilines is 1. The Bertz CT molecular complexity index is 1180. The number of carbonyl (C=O) groups excluding carboxylic acids is 2. The first-order chi connectivity index (χ1) is 14.0. The van der Waals surface area contributed by atoms with Crippen molar-refractivity contribution in [1.82, 2.24) is 9.88 Å². The van der Waals surface area contributed by atoms with Gasteiger partial charge < -0.3 is 4.57 Å². The summed E-state index contributed by atoms with van der Waals surface area (Å²) in [4.78, 5) is 27.2. The van der Waals surface area contributed by atoms with Gasteiger partial charge in [-0.3, -0.25) is 19.8 Å². The Kier molecular flexibility index (Phi) is 5.17. The van der Waals surface area contributed by atoms with Crippen LogP contribution in [0.5, 0.6) is 0 Å². The lowest BCUT2D eigenvalue weighted by Crippen LogP contribution is -2.54. The highest BCUT2D eigenvalue weighted by Gasteiger charge is 2.35. The molecule has 2 aromatic carbocycles. The molecule has 4 rings (SSSR count). The molecule has 3 aromatic rings. The van der Waals surface area contributed by atoms with Gasteiger partial charge in [0.2, 0.25) is 0 Å². The van der Waals surface area contributed by atoms with Gasteiger partial charge in [-0.2, -0.15) is 0 Å². The number of nitrogens with zero attached hydrogens (tertiary/aromatic N) is 2. The van der Waals surface area contributed by atoms with Crippen molar-refractivity contribution in [2.45, 2.75) is 6.92 Å². The number of nitrogens with one attached hydrogen (secondary N) is 1. The zero-order chi connectivity index (χ0) is 20.5. The van der Waals surface area contributed by atoms with E-state index in [-0.39, 0.29) is 10.7 Å². The Morgan fingerprint density at radius 2 is 1.83 bits per heavy atom. The highest BCUT2D eigenvalue weighted by atomic mass is 79.9. The van der Waals surface area contributed by atoms with Crippen LogP contribution in [0.3, 0.4) is 0 Å². The molecule has 0 aliphatic carbocycles. The van der Waals surface area contributed by atoms with Gasteiger partial charge in [-0.25, -0.2) is 0 Å². The lowest BCUT2D eigenvalue weighted by Gasteiger charge is -2.30. The van der Waals surface area contributed by atoms with Gasteiger partial charge in [0.15, 0.2) is 5.11 Å². The fraction of sp³-hybridized carbons (Fsp3) is 0.0455. The average molecular weight is 466 g/mol. The summed E-state index contributed by atoms with van der Waals surface area (Å²) in [6, 6.07) is 18.9. The van der Waals surface area contributed by atoms with Crippen LogP contribution in [0.4, 0.5) is 5.69 Å². The molecule has 1 N–H and O–H groups in total. The van der Waals surface area contributed by atoms with Crippen molar-refractivity contribution < 1.29 is 9.59 Å². The van der Waals surface area contributed by atoms with E-state index in [9.17, 15) is 9.59 Å². The standard InChI is InChI=1S/C22H16BrN3O2S/c1-14-6-2-3-10-19(14)26-21(28)18(20(27)24-22(26)29)13-17-9-5-11-25(17)16-8-4-7-15(23)12-16/h2-13H,1H3,(H,24,27,29)/b18-13+. The number of amides is 2. The lowest BCUT2D eigenvalue weighted by molar-refractivity contribution is -0.122. The van der Waals surface area contributed by atoms with Crippen LogP contribution in [-0.2, 0) is 9.59 Å². The predicted octanol–water partition coefficient (Wildman–Crippen LogP) is 4.38. The van der Waals surface area contributed by atoms with Crippen LogP contribution in [0.25, 0.3) is 11.8 Å². The van der Waals surface area contributed by atoms with E-state index in [1.807, 2.05) is 72.3 Å². The van der Waals surface area contributed by atoms with Crippen LogP contribution in [0.2, 0.25) is 0 Å². The summed E-state index contributed by atoms with van der Waals surface area (Å²) < 4.78 is 2.84. The van der Waals surface area contributed by atoms with Crippen LogP contribution in [0, 0.1) is 6.92 Å². The monoisotopic (exact) mass is 465 g/mol. The van der Waals surface area contributed by atoms with Crippen LogP contribution < -0.4 is 10.2 Å². The quantitative estimate of drug-likeness (QED) is 0.354. The number of para-hydroxylation sites is 1. The lowest BCUT2D eigenvalue weighted by atomic mass is 10.1. The minimum Gasteiger partial charge on any atom is -0.317 e. The van der Waals surface area contributed by atoms with Crippen LogP contribution in [0.15, 0.2) is 76.9 Å². The van der Waals surface area contributed by atoms with E-state index in [2.05, 4.69) is 21.2 Å².